The molecule has 0 rings (SSSR count). The standard InChI is InChI=1S/C62H103O11P/c1-4-7-10-13-16-19-22-25-27-29-31-34-36-39-42-45-48-51-60(64)69-55-59(73-62(66)53-50-47-44-41-38-35-32-30-28-26-23-20-17-14-11-8-5-2)57-71-74(67,68)70-56-58(54-63)72-61(65)52-49-46-43-40-37-33-24-21-18-15-12-9-6-3/h8-9,11-12,17-18,20-21,25-28,32-33,35,37,43,46,58-59,63H,4-7,10,13-16,19,22-24,29-31,34,36,38-42,44-45,47-57H2,1-3H3,(H,67,68)/b11-8-,12-9-,20-17-,21-18-,27-25-,28-26-,35-32-,37-33-,46-43-. The first-order valence-electron chi connectivity index (χ1n) is 28.8. The molecule has 0 aliphatic heterocycles. The van der Waals surface area contributed by atoms with Crippen molar-refractivity contribution in [1.29, 1.82) is 0 Å². The Morgan fingerprint density at radius 3 is 1.18 bits per heavy atom. The van der Waals surface area contributed by atoms with E-state index in [0.717, 1.165) is 103 Å². The zero-order chi connectivity index (χ0) is 54.1. The molecule has 0 fully saturated rings. The summed E-state index contributed by atoms with van der Waals surface area (Å²) in [6.45, 7) is 4.29. The molecule has 0 saturated carbocycles. The molecule has 0 aliphatic carbocycles. The van der Waals surface area contributed by atoms with E-state index in [1.807, 2.05) is 18.2 Å². The second kappa shape index (κ2) is 55.4. The number of rotatable bonds is 52. The van der Waals surface area contributed by atoms with Gasteiger partial charge in [0.2, 0.25) is 0 Å². The highest BCUT2D eigenvalue weighted by atomic mass is 31.2. The van der Waals surface area contributed by atoms with E-state index in [-0.39, 0.29) is 25.9 Å². The number of ether oxygens (including phenoxy) is 3. The lowest BCUT2D eigenvalue weighted by Crippen LogP contribution is -2.30. The fraction of sp³-hybridized carbons (Fsp3) is 0.661. The first kappa shape index (κ1) is 70.1. The summed E-state index contributed by atoms with van der Waals surface area (Å²) in [7, 11) is -4.78. The average Bonchev–Trinajstić information content (AvgIpc) is 3.39. The summed E-state index contributed by atoms with van der Waals surface area (Å²) >= 11 is 0. The lowest BCUT2D eigenvalue weighted by atomic mass is 10.1. The molecule has 0 spiro atoms. The number of allylic oxidation sites excluding steroid dienone is 18. The number of hydrogen-bond acceptors (Lipinski definition) is 10. The summed E-state index contributed by atoms with van der Waals surface area (Å²) in [5.74, 6) is -1.59. The lowest BCUT2D eigenvalue weighted by Gasteiger charge is -2.21. The summed E-state index contributed by atoms with van der Waals surface area (Å²) in [5.41, 5.74) is 0. The molecule has 0 aliphatic rings. The second-order valence-corrected chi connectivity index (χ2v) is 20.1. The molecule has 0 saturated heterocycles. The van der Waals surface area contributed by atoms with Crippen molar-refractivity contribution in [1.82, 2.24) is 0 Å². The van der Waals surface area contributed by atoms with Crippen molar-refractivity contribution in [3.05, 3.63) is 109 Å². The Kier molecular flexibility index (Phi) is 52.5. The van der Waals surface area contributed by atoms with Crippen LogP contribution in [0.1, 0.15) is 226 Å². The number of aliphatic hydroxyl groups is 1. The SMILES string of the molecule is CC/C=C\C/C=C\C/C=C\C/C=C\CCCCCCC(=O)OC(COC(=O)CCCCCCCCC/C=C\CCCCCCCC)COP(=O)(O)OCC(CO)OC(=O)CC/C=C\C/C=C\C/C=C\C/C=C\CC. The Morgan fingerprint density at radius 1 is 0.392 bits per heavy atom. The average molecular weight is 1060 g/mol. The van der Waals surface area contributed by atoms with Gasteiger partial charge in [-0.15, -0.1) is 0 Å². The molecular formula is C62H103O11P. The number of hydrogen-bond donors (Lipinski definition) is 2. The van der Waals surface area contributed by atoms with Gasteiger partial charge in [-0.1, -0.05) is 207 Å². The normalized spacial score (nSPS) is 14.2. The van der Waals surface area contributed by atoms with Gasteiger partial charge in [-0.3, -0.25) is 23.4 Å². The van der Waals surface area contributed by atoms with E-state index >= 15 is 0 Å². The topological polar surface area (TPSA) is 155 Å². The van der Waals surface area contributed by atoms with Crippen LogP contribution in [0, 0.1) is 0 Å². The van der Waals surface area contributed by atoms with E-state index < -0.39 is 57.8 Å². The Labute approximate surface area is 450 Å². The van der Waals surface area contributed by atoms with E-state index in [2.05, 4.69) is 112 Å². The summed E-state index contributed by atoms with van der Waals surface area (Å²) in [6, 6.07) is 0. The lowest BCUT2D eigenvalue weighted by molar-refractivity contribution is -0.161. The Hall–Kier alpha value is -3.86. The van der Waals surface area contributed by atoms with Gasteiger partial charge < -0.3 is 24.2 Å². The minimum Gasteiger partial charge on any atom is -0.462 e. The molecule has 11 nitrogen and oxygen atoms in total. The maximum Gasteiger partial charge on any atom is 0.472 e. The molecule has 422 valence electrons. The van der Waals surface area contributed by atoms with E-state index in [4.69, 9.17) is 23.3 Å². The van der Waals surface area contributed by atoms with E-state index in [1.54, 1.807) is 0 Å². The summed E-state index contributed by atoms with van der Waals surface area (Å²) in [4.78, 5) is 48.5. The highest BCUT2D eigenvalue weighted by Gasteiger charge is 2.28. The minimum atomic E-state index is -4.78. The molecular weight excluding hydrogens is 952 g/mol. The largest absolute Gasteiger partial charge is 0.472 e. The van der Waals surface area contributed by atoms with Gasteiger partial charge in [0.15, 0.2) is 6.10 Å². The van der Waals surface area contributed by atoms with E-state index in [1.165, 1.54) is 64.2 Å². The molecule has 0 aromatic heterocycles. The van der Waals surface area contributed by atoms with Gasteiger partial charge in [0.1, 0.15) is 12.7 Å². The zero-order valence-corrected chi connectivity index (χ0v) is 47.4. The molecule has 0 heterocycles. The second-order valence-electron chi connectivity index (χ2n) is 18.7. The number of esters is 3. The van der Waals surface area contributed by atoms with Crippen molar-refractivity contribution in [3.63, 3.8) is 0 Å². The van der Waals surface area contributed by atoms with Crippen molar-refractivity contribution in [2.45, 2.75) is 238 Å². The maximum atomic E-state index is 12.9. The molecule has 0 radical (unpaired) electrons. The fourth-order valence-corrected chi connectivity index (χ4v) is 8.14. The van der Waals surface area contributed by atoms with Crippen molar-refractivity contribution in [3.8, 4) is 0 Å². The predicted octanol–water partition coefficient (Wildman–Crippen LogP) is 17.0. The predicted molar refractivity (Wildman–Crippen MR) is 307 cm³/mol. The highest BCUT2D eigenvalue weighted by Crippen LogP contribution is 2.43. The molecule has 74 heavy (non-hydrogen) atoms. The van der Waals surface area contributed by atoms with Crippen molar-refractivity contribution < 1.29 is 52.2 Å². The van der Waals surface area contributed by atoms with Crippen LogP contribution < -0.4 is 0 Å². The molecule has 2 N–H and O–H groups in total. The van der Waals surface area contributed by atoms with Crippen molar-refractivity contribution in [2.75, 3.05) is 26.4 Å². The number of carbonyl (C=O) groups excluding carboxylic acids is 3. The Morgan fingerprint density at radius 2 is 0.730 bits per heavy atom. The smallest absolute Gasteiger partial charge is 0.462 e. The summed E-state index contributed by atoms with van der Waals surface area (Å²) < 4.78 is 39.4. The third-order valence-electron chi connectivity index (χ3n) is 11.7. The fourth-order valence-electron chi connectivity index (χ4n) is 7.35. The third kappa shape index (κ3) is 53.0. The van der Waals surface area contributed by atoms with E-state index in [0.29, 0.717) is 19.3 Å². The molecule has 3 unspecified atom stereocenters. The van der Waals surface area contributed by atoms with Crippen LogP contribution in [0.3, 0.4) is 0 Å². The Bertz CT molecular complexity index is 1660. The quantitative estimate of drug-likeness (QED) is 0.0197. The summed E-state index contributed by atoms with van der Waals surface area (Å²) in [5, 5.41) is 9.79. The van der Waals surface area contributed by atoms with Crippen LogP contribution in [0.25, 0.3) is 0 Å². The van der Waals surface area contributed by atoms with Gasteiger partial charge in [0.25, 0.3) is 0 Å². The molecule has 3 atom stereocenters. The van der Waals surface area contributed by atoms with Crippen LogP contribution in [0.15, 0.2) is 109 Å². The minimum absolute atomic E-state index is 0.0491. The molecule has 0 bridgehead atoms. The number of aliphatic hydroxyl groups excluding tert-OH is 1. The van der Waals surface area contributed by atoms with E-state index in [9.17, 15) is 28.9 Å². The Balaban J connectivity index is 4.84. The van der Waals surface area contributed by atoms with Gasteiger partial charge >= 0.3 is 25.7 Å². The monoisotopic (exact) mass is 1050 g/mol. The molecule has 12 heteroatoms. The van der Waals surface area contributed by atoms with Crippen LogP contribution in [0.2, 0.25) is 0 Å². The van der Waals surface area contributed by atoms with Gasteiger partial charge in [0, 0.05) is 19.3 Å². The van der Waals surface area contributed by atoms with Crippen LogP contribution in [0.4, 0.5) is 0 Å². The first-order chi connectivity index (χ1) is 36.2. The number of phosphoric ester groups is 1. The molecule has 0 aromatic rings. The number of carbonyl (C=O) groups is 3. The van der Waals surface area contributed by atoms with Gasteiger partial charge in [-0.2, -0.15) is 0 Å². The maximum absolute atomic E-state index is 12.9. The highest BCUT2D eigenvalue weighted by molar-refractivity contribution is 7.47. The first-order valence-corrected chi connectivity index (χ1v) is 30.3. The summed E-state index contributed by atoms with van der Waals surface area (Å²) in [6.07, 6.45) is 66.4. The van der Waals surface area contributed by atoms with Crippen LogP contribution in [-0.2, 0) is 42.2 Å². The third-order valence-corrected chi connectivity index (χ3v) is 12.6. The number of phosphoric acid groups is 1. The number of unbranched alkanes of at least 4 members (excludes halogenated alkanes) is 17. The van der Waals surface area contributed by atoms with Crippen LogP contribution >= 0.6 is 7.82 Å². The molecule has 0 amide bonds. The van der Waals surface area contributed by atoms with Crippen LogP contribution in [-0.4, -0.2) is 66.5 Å². The van der Waals surface area contributed by atoms with Gasteiger partial charge in [0.05, 0.1) is 19.8 Å². The van der Waals surface area contributed by atoms with Gasteiger partial charge in [-0.05, 0) is 109 Å². The van der Waals surface area contributed by atoms with Gasteiger partial charge in [-0.25, -0.2) is 4.57 Å². The molecule has 0 aromatic carbocycles. The zero-order valence-electron chi connectivity index (χ0n) is 46.5. The van der Waals surface area contributed by atoms with Crippen molar-refractivity contribution in [2.24, 2.45) is 0 Å². The van der Waals surface area contributed by atoms with Crippen molar-refractivity contribution >= 4 is 25.7 Å². The van der Waals surface area contributed by atoms with Crippen LogP contribution in [0.5, 0.6) is 0 Å².